The predicted molar refractivity (Wildman–Crippen MR) is 54.7 cm³/mol. The van der Waals surface area contributed by atoms with E-state index in [9.17, 15) is 4.79 Å². The Kier molecular flexibility index (Phi) is 3.68. The van der Waals surface area contributed by atoms with Crippen LogP contribution in [0.15, 0.2) is 10.9 Å². The quantitative estimate of drug-likeness (QED) is 0.797. The van der Waals surface area contributed by atoms with Crippen LogP contribution in [0.3, 0.4) is 0 Å². The first-order valence-electron chi connectivity index (χ1n) is 4.87. The summed E-state index contributed by atoms with van der Waals surface area (Å²) in [4.78, 5) is 18.1. The number of hydrogen-bond donors (Lipinski definition) is 1. The number of nitrogens with zero attached hydrogens (tertiary/aromatic N) is 1. The molecule has 1 N–H and O–H groups in total. The minimum Gasteiger partial charge on any atom is -0.477 e. The van der Waals surface area contributed by atoms with Gasteiger partial charge in [0.25, 0.3) is 5.56 Å². The van der Waals surface area contributed by atoms with Gasteiger partial charge in [0.1, 0.15) is 5.82 Å². The first-order chi connectivity index (χ1) is 6.63. The molecule has 0 amide bonds. The van der Waals surface area contributed by atoms with E-state index in [0.29, 0.717) is 18.3 Å². The average Bonchev–Trinajstić information content (AvgIpc) is 2.14. The molecule has 0 aliphatic rings. The molecule has 1 heterocycles. The van der Waals surface area contributed by atoms with E-state index in [0.717, 1.165) is 6.42 Å². The first kappa shape index (κ1) is 10.8. The summed E-state index contributed by atoms with van der Waals surface area (Å²) in [7, 11) is 0. The molecule has 1 rings (SSSR count). The van der Waals surface area contributed by atoms with E-state index in [-0.39, 0.29) is 11.5 Å². The molecule has 0 saturated carbocycles. The Labute approximate surface area is 83.3 Å². The van der Waals surface area contributed by atoms with Crippen molar-refractivity contribution in [3.63, 3.8) is 0 Å². The third-order valence-electron chi connectivity index (χ3n) is 1.74. The molecule has 1 aromatic rings. The lowest BCUT2D eigenvalue weighted by atomic mass is 10.2. The summed E-state index contributed by atoms with van der Waals surface area (Å²) in [6, 6.07) is 1.38. The number of aromatic nitrogens is 2. The molecule has 0 bridgehead atoms. The Bertz CT molecular complexity index is 344. The van der Waals surface area contributed by atoms with Gasteiger partial charge in [0.05, 0.1) is 12.7 Å². The molecule has 0 atom stereocenters. The summed E-state index contributed by atoms with van der Waals surface area (Å²) in [6.45, 7) is 6.55. The monoisotopic (exact) mass is 196 g/mol. The maximum Gasteiger partial charge on any atom is 0.254 e. The summed E-state index contributed by atoms with van der Waals surface area (Å²) in [5.41, 5.74) is -0.158. The highest BCUT2D eigenvalue weighted by Crippen LogP contribution is 2.10. The zero-order valence-corrected chi connectivity index (χ0v) is 8.83. The smallest absolute Gasteiger partial charge is 0.254 e. The molecule has 78 valence electrons. The van der Waals surface area contributed by atoms with Crippen LogP contribution in [0, 0.1) is 0 Å². The van der Waals surface area contributed by atoms with Gasteiger partial charge in [-0.15, -0.1) is 0 Å². The van der Waals surface area contributed by atoms with Crippen LogP contribution < -0.4 is 10.3 Å². The molecule has 4 heteroatoms. The molecular formula is C10H16N2O2. The van der Waals surface area contributed by atoms with Crippen LogP contribution in [0.1, 0.15) is 38.9 Å². The number of rotatable bonds is 4. The molecule has 0 unspecified atom stereocenters. The fraction of sp³-hybridized carbons (Fsp3) is 0.600. The second-order valence-electron chi connectivity index (χ2n) is 3.47. The molecule has 0 radical (unpaired) electrons. The molecule has 0 aromatic carbocycles. The van der Waals surface area contributed by atoms with Gasteiger partial charge in [0.2, 0.25) is 5.88 Å². The Hall–Kier alpha value is -1.32. The minimum absolute atomic E-state index is 0.158. The number of hydrogen-bond acceptors (Lipinski definition) is 3. The Balaban J connectivity index is 2.90. The molecule has 1 aromatic heterocycles. The van der Waals surface area contributed by atoms with Crippen LogP contribution in [-0.4, -0.2) is 16.6 Å². The molecular weight excluding hydrogens is 180 g/mol. The molecule has 14 heavy (non-hydrogen) atoms. The summed E-state index contributed by atoms with van der Waals surface area (Å²) < 4.78 is 5.30. The van der Waals surface area contributed by atoms with Gasteiger partial charge in [-0.25, -0.2) is 0 Å². The van der Waals surface area contributed by atoms with Gasteiger partial charge < -0.3 is 9.72 Å². The van der Waals surface area contributed by atoms with Gasteiger partial charge in [-0.3, -0.25) is 4.79 Å². The number of nitrogens with one attached hydrogen (secondary N) is 1. The lowest BCUT2D eigenvalue weighted by molar-refractivity contribution is 0.302. The second-order valence-corrected chi connectivity index (χ2v) is 3.47. The molecule has 0 fully saturated rings. The van der Waals surface area contributed by atoms with Crippen molar-refractivity contribution in [1.29, 1.82) is 0 Å². The van der Waals surface area contributed by atoms with Crippen molar-refractivity contribution in [3.8, 4) is 5.88 Å². The van der Waals surface area contributed by atoms with Gasteiger partial charge in [0.15, 0.2) is 0 Å². The first-order valence-corrected chi connectivity index (χ1v) is 4.87. The summed E-state index contributed by atoms with van der Waals surface area (Å²) in [6.07, 6.45) is 0.908. The topological polar surface area (TPSA) is 55.0 Å². The Morgan fingerprint density at radius 3 is 2.86 bits per heavy atom. The highest BCUT2D eigenvalue weighted by Gasteiger charge is 2.05. The van der Waals surface area contributed by atoms with Crippen molar-refractivity contribution >= 4 is 0 Å². The van der Waals surface area contributed by atoms with Crippen LogP contribution >= 0.6 is 0 Å². The SMILES string of the molecule is CCCOc1cc(=O)[nH]c(C(C)C)n1. The van der Waals surface area contributed by atoms with Crippen molar-refractivity contribution in [3.05, 3.63) is 22.2 Å². The van der Waals surface area contributed by atoms with Crippen molar-refractivity contribution in [2.75, 3.05) is 6.61 Å². The largest absolute Gasteiger partial charge is 0.477 e. The van der Waals surface area contributed by atoms with Crippen molar-refractivity contribution in [1.82, 2.24) is 9.97 Å². The van der Waals surface area contributed by atoms with Crippen LogP contribution in [0.2, 0.25) is 0 Å². The average molecular weight is 196 g/mol. The third kappa shape index (κ3) is 2.87. The lowest BCUT2D eigenvalue weighted by Crippen LogP contribution is -2.13. The van der Waals surface area contributed by atoms with Crippen molar-refractivity contribution < 1.29 is 4.74 Å². The molecule has 0 saturated heterocycles. The van der Waals surface area contributed by atoms with E-state index in [2.05, 4.69) is 9.97 Å². The predicted octanol–water partition coefficient (Wildman–Crippen LogP) is 1.68. The fourth-order valence-corrected chi connectivity index (χ4v) is 1.01. The van der Waals surface area contributed by atoms with E-state index in [1.165, 1.54) is 6.07 Å². The molecule has 0 aliphatic heterocycles. The maximum absolute atomic E-state index is 11.2. The molecule has 0 aliphatic carbocycles. The van der Waals surface area contributed by atoms with E-state index >= 15 is 0 Å². The Morgan fingerprint density at radius 1 is 1.57 bits per heavy atom. The molecule has 4 nitrogen and oxygen atoms in total. The van der Waals surface area contributed by atoms with Gasteiger partial charge in [0, 0.05) is 5.92 Å². The van der Waals surface area contributed by atoms with Crippen LogP contribution in [0.4, 0.5) is 0 Å². The number of ether oxygens (including phenoxy) is 1. The third-order valence-corrected chi connectivity index (χ3v) is 1.74. The van der Waals surface area contributed by atoms with Crippen LogP contribution in [-0.2, 0) is 0 Å². The standard InChI is InChI=1S/C10H16N2O2/c1-4-5-14-9-6-8(13)11-10(12-9)7(2)3/h6-7H,4-5H2,1-3H3,(H,11,12,13). The zero-order valence-electron chi connectivity index (χ0n) is 8.83. The second kappa shape index (κ2) is 4.79. The molecule has 0 spiro atoms. The van der Waals surface area contributed by atoms with Gasteiger partial charge in [-0.1, -0.05) is 20.8 Å². The van der Waals surface area contributed by atoms with E-state index < -0.39 is 0 Å². The zero-order chi connectivity index (χ0) is 10.6. The van der Waals surface area contributed by atoms with E-state index in [4.69, 9.17) is 4.74 Å². The van der Waals surface area contributed by atoms with E-state index in [1.54, 1.807) is 0 Å². The van der Waals surface area contributed by atoms with Crippen LogP contribution in [0.25, 0.3) is 0 Å². The van der Waals surface area contributed by atoms with Crippen molar-refractivity contribution in [2.24, 2.45) is 0 Å². The van der Waals surface area contributed by atoms with Gasteiger partial charge >= 0.3 is 0 Å². The Morgan fingerprint density at radius 2 is 2.29 bits per heavy atom. The highest BCUT2D eigenvalue weighted by atomic mass is 16.5. The summed E-state index contributed by atoms with van der Waals surface area (Å²) in [5, 5.41) is 0. The summed E-state index contributed by atoms with van der Waals surface area (Å²) in [5.74, 6) is 1.29. The maximum atomic E-state index is 11.2. The van der Waals surface area contributed by atoms with Gasteiger partial charge in [-0.2, -0.15) is 4.98 Å². The normalized spacial score (nSPS) is 10.6. The lowest BCUT2D eigenvalue weighted by Gasteiger charge is -2.07. The highest BCUT2D eigenvalue weighted by molar-refractivity contribution is 5.10. The summed E-state index contributed by atoms with van der Waals surface area (Å²) >= 11 is 0. The van der Waals surface area contributed by atoms with Gasteiger partial charge in [-0.05, 0) is 6.42 Å². The minimum atomic E-state index is -0.158. The number of aromatic amines is 1. The van der Waals surface area contributed by atoms with Crippen molar-refractivity contribution in [2.45, 2.75) is 33.1 Å². The van der Waals surface area contributed by atoms with Crippen LogP contribution in [0.5, 0.6) is 5.88 Å². The fourth-order valence-electron chi connectivity index (χ4n) is 1.01. The van der Waals surface area contributed by atoms with E-state index in [1.807, 2.05) is 20.8 Å². The number of H-pyrrole nitrogens is 1.